The Morgan fingerprint density at radius 2 is 0.848 bits per heavy atom. The van der Waals surface area contributed by atoms with Crippen molar-refractivity contribution in [1.29, 1.82) is 0 Å². The summed E-state index contributed by atoms with van der Waals surface area (Å²) in [6, 6.07) is 52.4. The van der Waals surface area contributed by atoms with Gasteiger partial charge in [0, 0.05) is 0 Å². The van der Waals surface area contributed by atoms with Crippen LogP contribution in [-0.4, -0.2) is 8.07 Å². The molecule has 0 bridgehead atoms. The van der Waals surface area contributed by atoms with Crippen LogP contribution in [0.2, 0.25) is 5.04 Å². The van der Waals surface area contributed by atoms with Gasteiger partial charge in [0.1, 0.15) is 0 Å². The Labute approximate surface area is 307 Å². The Morgan fingerprint density at radius 3 is 1.20 bits per heavy atom. The van der Waals surface area contributed by atoms with Gasteiger partial charge in [0.05, 0.1) is 0 Å². The summed E-state index contributed by atoms with van der Waals surface area (Å²) in [5, 5.41) is 4.30. The van der Waals surface area contributed by atoms with Crippen LogP contribution in [0.4, 0.5) is 0 Å². The molecule has 0 amide bonds. The zero-order chi connectivity index (χ0) is 30.0. The van der Waals surface area contributed by atoms with E-state index in [4.69, 9.17) is 0 Å². The van der Waals surface area contributed by atoms with Gasteiger partial charge in [-0.25, -0.2) is 0 Å². The van der Waals surface area contributed by atoms with Gasteiger partial charge in [0.25, 0.3) is 0 Å². The van der Waals surface area contributed by atoms with E-state index in [-0.39, 0.29) is 42.3 Å². The molecule has 0 saturated heterocycles. The summed E-state index contributed by atoms with van der Waals surface area (Å²) in [5.74, 6) is 0. The van der Waals surface area contributed by atoms with Crippen molar-refractivity contribution in [3.8, 4) is 0 Å². The van der Waals surface area contributed by atoms with Crippen molar-refractivity contribution in [2.24, 2.45) is 0 Å². The van der Waals surface area contributed by atoms with Gasteiger partial charge in [0.2, 0.25) is 0 Å². The molecule has 46 heavy (non-hydrogen) atoms. The maximum atomic E-state index is 2.57. The molecule has 6 rings (SSSR count). The van der Waals surface area contributed by atoms with E-state index in [0.29, 0.717) is 0 Å². The van der Waals surface area contributed by atoms with Gasteiger partial charge >= 0.3 is 272 Å². The number of hydrogen-bond acceptors (Lipinski definition) is 0. The molecule has 232 valence electrons. The maximum Gasteiger partial charge on any atom is -1.00 e. The maximum absolute atomic E-state index is 2.74. The van der Waals surface area contributed by atoms with Crippen LogP contribution in [-0.2, 0) is 33.3 Å². The molecule has 5 aromatic carbocycles. The van der Waals surface area contributed by atoms with Crippen molar-refractivity contribution in [1.82, 2.24) is 0 Å². The zero-order valence-corrected chi connectivity index (χ0v) is 31.7. The van der Waals surface area contributed by atoms with Crippen LogP contribution < -0.4 is 52.8 Å². The van der Waals surface area contributed by atoms with Crippen LogP contribution in [0.5, 0.6) is 0 Å². The molecule has 1 aliphatic rings. The summed E-state index contributed by atoms with van der Waals surface area (Å²) in [4.78, 5) is 0. The van der Waals surface area contributed by atoms with Crippen molar-refractivity contribution in [3.63, 3.8) is 0 Å². The SMILES string of the molecule is CC1=C(C)C(C)([Si](c2ccccc2)(c2ccccc2)c2cc(Cc3ccccc3)cc(Cc3ccccc3)c2)[C]([Ti+3])=C1C.[Cl-].[Cl-].[Cl-]. The number of rotatable bonds is 8. The Bertz CT molecular complexity index is 1680. The van der Waals surface area contributed by atoms with Crippen molar-refractivity contribution >= 4 is 23.6 Å². The molecule has 0 heterocycles. The summed E-state index contributed by atoms with van der Waals surface area (Å²) in [6.45, 7) is 9.63. The Hall–Kier alpha value is -2.62. The van der Waals surface area contributed by atoms with Gasteiger partial charge in [0.15, 0.2) is 0 Å². The summed E-state index contributed by atoms with van der Waals surface area (Å²) >= 11 is 2.40. The Kier molecular flexibility index (Phi) is 13.1. The second-order valence-electron chi connectivity index (χ2n) is 12.2. The second kappa shape index (κ2) is 16.0. The minimum absolute atomic E-state index is 0. The fourth-order valence-corrected chi connectivity index (χ4v) is 15.2. The molecule has 5 aromatic rings. The van der Waals surface area contributed by atoms with Crippen molar-refractivity contribution in [2.75, 3.05) is 0 Å². The van der Waals surface area contributed by atoms with E-state index in [0.717, 1.165) is 12.8 Å². The monoisotopic (exact) mass is 712 g/mol. The normalized spacial score (nSPS) is 16.0. The molecule has 0 fully saturated rings. The molecule has 1 aliphatic carbocycles. The molecule has 0 radical (unpaired) electrons. The van der Waals surface area contributed by atoms with Gasteiger partial charge in [-0.15, -0.1) is 0 Å². The average Bonchev–Trinajstić information content (AvgIpc) is 3.19. The van der Waals surface area contributed by atoms with Crippen molar-refractivity contribution in [2.45, 2.75) is 45.6 Å². The number of halogens is 3. The van der Waals surface area contributed by atoms with E-state index in [1.54, 1.807) is 0 Å². The first kappa shape index (κ1) is 37.8. The molecular formula is C41H39Cl3SiTi. The van der Waals surface area contributed by atoms with E-state index in [9.17, 15) is 0 Å². The van der Waals surface area contributed by atoms with E-state index < -0.39 is 8.07 Å². The van der Waals surface area contributed by atoms with Gasteiger partial charge in [-0.1, -0.05) is 0 Å². The number of allylic oxidation sites excluding steroid dienone is 4. The minimum atomic E-state index is -2.74. The largest absolute Gasteiger partial charge is 1.00 e. The fraction of sp³-hybridized carbons (Fsp3) is 0.171. The van der Waals surface area contributed by atoms with Crippen LogP contribution in [0.1, 0.15) is 49.9 Å². The predicted octanol–water partition coefficient (Wildman–Crippen LogP) is -0.718. The van der Waals surface area contributed by atoms with Crippen molar-refractivity contribution in [3.05, 3.63) is 182 Å². The molecule has 0 aliphatic heterocycles. The minimum Gasteiger partial charge on any atom is -1.00 e. The van der Waals surface area contributed by atoms with Gasteiger partial charge < -0.3 is 37.2 Å². The van der Waals surface area contributed by atoms with Crippen LogP contribution in [0.15, 0.2) is 160 Å². The summed E-state index contributed by atoms with van der Waals surface area (Å²) in [5.41, 5.74) is 9.89. The van der Waals surface area contributed by atoms with Crippen LogP contribution in [0.25, 0.3) is 0 Å². The predicted molar refractivity (Wildman–Crippen MR) is 182 cm³/mol. The van der Waals surface area contributed by atoms with Gasteiger partial charge in [-0.05, 0) is 0 Å². The number of benzene rings is 5. The first-order valence-electron chi connectivity index (χ1n) is 15.3. The topological polar surface area (TPSA) is 0 Å². The van der Waals surface area contributed by atoms with E-state index in [1.165, 1.54) is 58.4 Å². The summed E-state index contributed by atoms with van der Waals surface area (Å²) in [6.07, 6.45) is 1.84. The molecule has 5 heteroatoms. The van der Waals surface area contributed by atoms with Crippen LogP contribution in [0, 0.1) is 0 Å². The van der Waals surface area contributed by atoms with Crippen LogP contribution >= 0.6 is 0 Å². The molecule has 1 atom stereocenters. The first-order valence-corrected chi connectivity index (χ1v) is 18.1. The fourth-order valence-electron chi connectivity index (χ4n) is 7.46. The molecule has 0 nitrogen and oxygen atoms in total. The number of hydrogen-bond donors (Lipinski definition) is 0. The third kappa shape index (κ3) is 6.70. The Morgan fingerprint density at radius 1 is 0.478 bits per heavy atom. The van der Waals surface area contributed by atoms with Gasteiger partial charge in [-0.2, -0.15) is 0 Å². The second-order valence-corrected chi connectivity index (χ2v) is 17.2. The third-order valence-electron chi connectivity index (χ3n) is 9.90. The molecule has 1 unspecified atom stereocenters. The van der Waals surface area contributed by atoms with E-state index in [1.807, 2.05) is 0 Å². The smallest absolute Gasteiger partial charge is 1.00 e. The standard InChI is InChI=1S/C41H39Si.3ClH.Ti/c1-31-30-41(4,33(3)32(31)2)42(38-21-13-7-14-22-38,39-23-15-8-16-24-39)40-28-36(25-34-17-9-5-10-18-34)27-37(29-40)26-35-19-11-6-12-20-35;;;;/h5-24,27-29H,25-26H2,1-4H3;3*1H;/q;;;;+3/p-3. The van der Waals surface area contributed by atoms with Crippen molar-refractivity contribution < 1.29 is 57.7 Å². The molecular weight excluding hydrogens is 675 g/mol. The average molecular weight is 714 g/mol. The van der Waals surface area contributed by atoms with Gasteiger partial charge in [-0.3, -0.25) is 0 Å². The first-order chi connectivity index (χ1) is 20.9. The zero-order valence-electron chi connectivity index (χ0n) is 26.8. The van der Waals surface area contributed by atoms with Crippen LogP contribution in [0.3, 0.4) is 0 Å². The summed E-state index contributed by atoms with van der Waals surface area (Å²) < 4.78 is 1.51. The molecule has 0 spiro atoms. The third-order valence-corrected chi connectivity index (χ3v) is 17.3. The quantitative estimate of drug-likeness (QED) is 0.147. The molecule has 0 aromatic heterocycles. The Balaban J connectivity index is 0.00000192. The van der Waals surface area contributed by atoms with E-state index in [2.05, 4.69) is 188 Å². The molecule has 0 N–H and O–H groups in total. The van der Waals surface area contributed by atoms with E-state index >= 15 is 0 Å². The molecule has 0 saturated carbocycles. The summed E-state index contributed by atoms with van der Waals surface area (Å²) in [7, 11) is -2.74.